The van der Waals surface area contributed by atoms with Gasteiger partial charge in [-0.05, 0) is 37.8 Å². The number of rotatable bonds is 4. The average molecular weight is 368 g/mol. The third-order valence-corrected chi connectivity index (χ3v) is 5.71. The van der Waals surface area contributed by atoms with Crippen molar-refractivity contribution in [1.82, 2.24) is 19.9 Å². The van der Waals surface area contributed by atoms with Crippen LogP contribution in [0.4, 0.5) is 11.5 Å². The smallest absolute Gasteiger partial charge is 0.293 e. The van der Waals surface area contributed by atoms with Crippen molar-refractivity contribution < 1.29 is 0 Å². The SMILES string of the molecule is Cn1ccnc(N2CCC[C@H](NC3CCN(c4ccncc4)CC3)C2)c1=O. The topological polar surface area (TPSA) is 66.3 Å². The van der Waals surface area contributed by atoms with Gasteiger partial charge in [0.05, 0.1) is 0 Å². The molecule has 2 saturated heterocycles. The van der Waals surface area contributed by atoms with Gasteiger partial charge in [-0.15, -0.1) is 0 Å². The molecule has 2 aliphatic heterocycles. The van der Waals surface area contributed by atoms with Crippen LogP contribution in [0.2, 0.25) is 0 Å². The molecule has 0 saturated carbocycles. The minimum atomic E-state index is -0.0104. The monoisotopic (exact) mass is 368 g/mol. The van der Waals surface area contributed by atoms with Crippen molar-refractivity contribution in [2.24, 2.45) is 7.05 Å². The molecule has 0 aliphatic carbocycles. The van der Waals surface area contributed by atoms with Crippen LogP contribution < -0.4 is 20.7 Å². The van der Waals surface area contributed by atoms with Gasteiger partial charge in [-0.3, -0.25) is 9.78 Å². The van der Waals surface area contributed by atoms with Crippen LogP contribution in [0.1, 0.15) is 25.7 Å². The first-order chi connectivity index (χ1) is 13.2. The Morgan fingerprint density at radius 3 is 2.56 bits per heavy atom. The zero-order chi connectivity index (χ0) is 18.6. The molecule has 0 unspecified atom stereocenters. The summed E-state index contributed by atoms with van der Waals surface area (Å²) in [5.74, 6) is 0.582. The molecule has 4 heterocycles. The molecule has 1 N–H and O–H groups in total. The zero-order valence-corrected chi connectivity index (χ0v) is 15.9. The number of hydrogen-bond donors (Lipinski definition) is 1. The van der Waals surface area contributed by atoms with E-state index in [9.17, 15) is 4.79 Å². The lowest BCUT2D eigenvalue weighted by Crippen LogP contribution is -2.53. The summed E-state index contributed by atoms with van der Waals surface area (Å²) < 4.78 is 1.61. The summed E-state index contributed by atoms with van der Waals surface area (Å²) in [6.07, 6.45) is 11.7. The van der Waals surface area contributed by atoms with Crippen molar-refractivity contribution in [2.45, 2.75) is 37.8 Å². The van der Waals surface area contributed by atoms with Gasteiger partial charge in [0.2, 0.25) is 0 Å². The highest BCUT2D eigenvalue weighted by Gasteiger charge is 2.26. The predicted octanol–water partition coefficient (Wildman–Crippen LogP) is 1.40. The zero-order valence-electron chi connectivity index (χ0n) is 15.9. The third kappa shape index (κ3) is 4.13. The molecule has 2 aromatic heterocycles. The number of nitrogens with zero attached hydrogens (tertiary/aromatic N) is 5. The summed E-state index contributed by atoms with van der Waals surface area (Å²) in [5.41, 5.74) is 1.25. The highest BCUT2D eigenvalue weighted by Crippen LogP contribution is 2.21. The second-order valence-electron chi connectivity index (χ2n) is 7.59. The van der Waals surface area contributed by atoms with E-state index < -0.39 is 0 Å². The van der Waals surface area contributed by atoms with Gasteiger partial charge in [-0.1, -0.05) is 0 Å². The maximum Gasteiger partial charge on any atom is 0.293 e. The molecule has 2 aromatic rings. The first-order valence-corrected chi connectivity index (χ1v) is 9.88. The molecule has 144 valence electrons. The van der Waals surface area contributed by atoms with Crippen LogP contribution in [0.15, 0.2) is 41.7 Å². The van der Waals surface area contributed by atoms with Crippen LogP contribution in [0.5, 0.6) is 0 Å². The highest BCUT2D eigenvalue weighted by molar-refractivity contribution is 5.45. The quantitative estimate of drug-likeness (QED) is 0.880. The summed E-state index contributed by atoms with van der Waals surface area (Å²) >= 11 is 0. The summed E-state index contributed by atoms with van der Waals surface area (Å²) in [6, 6.07) is 5.13. The normalized spacial score (nSPS) is 21.4. The second-order valence-corrected chi connectivity index (χ2v) is 7.59. The molecule has 0 spiro atoms. The van der Waals surface area contributed by atoms with Gasteiger partial charge in [-0.25, -0.2) is 4.98 Å². The van der Waals surface area contributed by atoms with Crippen molar-refractivity contribution in [2.75, 3.05) is 36.0 Å². The standard InChI is InChI=1S/C20H28N6O/c1-24-14-10-22-19(20(24)27)26-11-2-3-17(15-26)23-16-6-12-25(13-7-16)18-4-8-21-9-5-18/h4-5,8-10,14,16-17,23H,2-3,6-7,11-13,15H2,1H3/t17-/m0/s1. The number of hydrogen-bond acceptors (Lipinski definition) is 6. The molecular formula is C20H28N6O. The van der Waals surface area contributed by atoms with Crippen molar-refractivity contribution in [3.63, 3.8) is 0 Å². The van der Waals surface area contributed by atoms with Crippen LogP contribution in [0.3, 0.4) is 0 Å². The van der Waals surface area contributed by atoms with Crippen molar-refractivity contribution >= 4 is 11.5 Å². The summed E-state index contributed by atoms with van der Waals surface area (Å²) in [6.45, 7) is 3.90. The molecule has 7 heteroatoms. The Balaban J connectivity index is 1.32. The van der Waals surface area contributed by atoms with E-state index in [-0.39, 0.29) is 5.56 Å². The van der Waals surface area contributed by atoms with Crippen LogP contribution in [-0.2, 0) is 7.05 Å². The number of piperidine rings is 2. The molecule has 7 nitrogen and oxygen atoms in total. The van der Waals surface area contributed by atoms with E-state index in [0.29, 0.717) is 17.9 Å². The minimum absolute atomic E-state index is 0.0104. The Morgan fingerprint density at radius 1 is 1.00 bits per heavy atom. The molecule has 0 aromatic carbocycles. The van der Waals surface area contributed by atoms with Gasteiger partial charge in [-0.2, -0.15) is 0 Å². The van der Waals surface area contributed by atoms with Crippen molar-refractivity contribution in [1.29, 1.82) is 0 Å². The van der Waals surface area contributed by atoms with E-state index in [4.69, 9.17) is 0 Å². The maximum atomic E-state index is 12.4. The lowest BCUT2D eigenvalue weighted by Gasteiger charge is -2.39. The maximum absolute atomic E-state index is 12.4. The Morgan fingerprint density at radius 2 is 1.78 bits per heavy atom. The van der Waals surface area contributed by atoms with E-state index in [1.165, 1.54) is 5.69 Å². The molecule has 2 fully saturated rings. The molecule has 0 radical (unpaired) electrons. The largest absolute Gasteiger partial charge is 0.371 e. The first-order valence-electron chi connectivity index (χ1n) is 9.88. The minimum Gasteiger partial charge on any atom is -0.371 e. The Bertz CT molecular complexity index is 800. The summed E-state index contributed by atoms with van der Waals surface area (Å²) in [4.78, 5) is 25.4. The predicted molar refractivity (Wildman–Crippen MR) is 107 cm³/mol. The van der Waals surface area contributed by atoms with E-state index in [2.05, 4.69) is 37.2 Å². The molecule has 0 amide bonds. The second kappa shape index (κ2) is 8.08. The van der Waals surface area contributed by atoms with Crippen LogP contribution in [0.25, 0.3) is 0 Å². The third-order valence-electron chi connectivity index (χ3n) is 5.71. The Kier molecular flexibility index (Phi) is 5.38. The first kappa shape index (κ1) is 18.0. The van der Waals surface area contributed by atoms with Gasteiger partial charge in [0.1, 0.15) is 0 Å². The van der Waals surface area contributed by atoms with E-state index >= 15 is 0 Å². The van der Waals surface area contributed by atoms with E-state index in [1.54, 1.807) is 24.0 Å². The van der Waals surface area contributed by atoms with Crippen molar-refractivity contribution in [3.05, 3.63) is 47.3 Å². The fourth-order valence-corrected chi connectivity index (χ4v) is 4.20. The van der Waals surface area contributed by atoms with Gasteiger partial charge < -0.3 is 19.7 Å². The number of aromatic nitrogens is 3. The van der Waals surface area contributed by atoms with Crippen LogP contribution in [0, 0.1) is 0 Å². The van der Waals surface area contributed by atoms with Gasteiger partial charge in [0.25, 0.3) is 5.56 Å². The van der Waals surface area contributed by atoms with Gasteiger partial charge >= 0.3 is 0 Å². The highest BCUT2D eigenvalue weighted by atomic mass is 16.1. The fraction of sp³-hybridized carbons (Fsp3) is 0.550. The number of nitrogens with one attached hydrogen (secondary N) is 1. The van der Waals surface area contributed by atoms with E-state index in [1.807, 2.05) is 12.4 Å². The number of anilines is 2. The van der Waals surface area contributed by atoms with Gasteiger partial charge in [0.15, 0.2) is 5.82 Å². The molecule has 27 heavy (non-hydrogen) atoms. The molecule has 1 atom stereocenters. The molecule has 4 rings (SSSR count). The fourth-order valence-electron chi connectivity index (χ4n) is 4.20. The van der Waals surface area contributed by atoms with E-state index in [0.717, 1.165) is 51.9 Å². The average Bonchev–Trinajstić information content (AvgIpc) is 2.71. The lowest BCUT2D eigenvalue weighted by molar-refractivity contribution is 0.333. The molecule has 0 bridgehead atoms. The number of aryl methyl sites for hydroxylation is 1. The Labute approximate surface area is 160 Å². The van der Waals surface area contributed by atoms with Crippen molar-refractivity contribution in [3.8, 4) is 0 Å². The molecule has 2 aliphatic rings. The summed E-state index contributed by atoms with van der Waals surface area (Å²) in [7, 11) is 1.78. The van der Waals surface area contributed by atoms with Gasteiger partial charge in [0, 0.05) is 75.8 Å². The number of pyridine rings is 1. The van der Waals surface area contributed by atoms with Crippen LogP contribution in [-0.4, -0.2) is 52.8 Å². The lowest BCUT2D eigenvalue weighted by atomic mass is 10.00. The Hall–Kier alpha value is -2.41. The van der Waals surface area contributed by atoms with Crippen LogP contribution >= 0.6 is 0 Å². The molecular weight excluding hydrogens is 340 g/mol. The summed E-state index contributed by atoms with van der Waals surface area (Å²) in [5, 5.41) is 3.85.